The van der Waals surface area contributed by atoms with Crippen molar-refractivity contribution in [3.63, 3.8) is 0 Å². The zero-order valence-corrected chi connectivity index (χ0v) is 9.65. The monoisotopic (exact) mass is 235 g/mol. The number of ether oxygens (including phenoxy) is 2. The molecule has 1 N–H and O–H groups in total. The van der Waals surface area contributed by atoms with E-state index in [1.165, 1.54) is 26.5 Å². The molecule has 0 fully saturated rings. The second-order valence-corrected chi connectivity index (χ2v) is 3.73. The number of pyridine rings is 1. The maximum absolute atomic E-state index is 11.9. The van der Waals surface area contributed by atoms with E-state index < -0.39 is 11.6 Å². The van der Waals surface area contributed by atoms with Crippen molar-refractivity contribution >= 4 is 5.97 Å². The van der Waals surface area contributed by atoms with Gasteiger partial charge in [-0.2, -0.15) is 0 Å². The highest BCUT2D eigenvalue weighted by atomic mass is 16.6. The number of hydrogen-bond donors (Lipinski definition) is 1. The van der Waals surface area contributed by atoms with Gasteiger partial charge in [-0.25, -0.2) is 4.79 Å². The average Bonchev–Trinajstić information content (AvgIpc) is 2.37. The lowest BCUT2D eigenvalue weighted by molar-refractivity contribution is -0.162. The van der Waals surface area contributed by atoms with Crippen LogP contribution < -0.4 is 5.43 Å². The van der Waals surface area contributed by atoms with Crippen molar-refractivity contribution in [3.05, 3.63) is 45.9 Å². The molecule has 1 aliphatic rings. The lowest BCUT2D eigenvalue weighted by Gasteiger charge is -2.30. The van der Waals surface area contributed by atoms with Crippen LogP contribution in [0.3, 0.4) is 0 Å². The van der Waals surface area contributed by atoms with E-state index in [4.69, 9.17) is 9.47 Å². The molecule has 17 heavy (non-hydrogen) atoms. The molecule has 0 aliphatic heterocycles. The Balaban J connectivity index is 2.68. The minimum absolute atomic E-state index is 0.117. The van der Waals surface area contributed by atoms with Crippen molar-refractivity contribution in [1.82, 2.24) is 4.98 Å². The first-order chi connectivity index (χ1) is 8.15. The van der Waals surface area contributed by atoms with E-state index in [1.807, 2.05) is 0 Å². The predicted octanol–water partition coefficient (Wildman–Crippen LogP) is 0.502. The standard InChI is InChI=1S/C12H13NO4/c1-16-11(15)12(17-2)6-3-4-8-9(14)5-7-13-10(8)12/h3,5-7H,4H2,1-2H3,(H,13,14). The lowest BCUT2D eigenvalue weighted by atomic mass is 9.88. The van der Waals surface area contributed by atoms with Crippen LogP contribution in [0, 0.1) is 0 Å². The van der Waals surface area contributed by atoms with Crippen molar-refractivity contribution in [2.45, 2.75) is 12.0 Å². The SMILES string of the molecule is COC(=O)C1(OC)C=CCc2c1[nH]ccc2=O. The molecule has 1 aromatic heterocycles. The number of methoxy groups -OCH3 is 2. The van der Waals surface area contributed by atoms with E-state index in [-0.39, 0.29) is 5.43 Å². The normalized spacial score (nSPS) is 22.0. The number of esters is 1. The van der Waals surface area contributed by atoms with Crippen LogP contribution in [0.5, 0.6) is 0 Å². The van der Waals surface area contributed by atoms with Gasteiger partial charge >= 0.3 is 5.97 Å². The van der Waals surface area contributed by atoms with Crippen LogP contribution in [0.2, 0.25) is 0 Å². The highest BCUT2D eigenvalue weighted by molar-refractivity contribution is 5.84. The van der Waals surface area contributed by atoms with Gasteiger partial charge < -0.3 is 14.5 Å². The summed E-state index contributed by atoms with van der Waals surface area (Å²) < 4.78 is 10.0. The topological polar surface area (TPSA) is 68.4 Å². The Morgan fingerprint density at radius 1 is 1.47 bits per heavy atom. The van der Waals surface area contributed by atoms with E-state index in [9.17, 15) is 9.59 Å². The molecule has 1 aliphatic carbocycles. The van der Waals surface area contributed by atoms with Crippen molar-refractivity contribution in [2.24, 2.45) is 0 Å². The van der Waals surface area contributed by atoms with Crippen molar-refractivity contribution < 1.29 is 14.3 Å². The molecule has 5 heteroatoms. The van der Waals surface area contributed by atoms with Gasteiger partial charge in [0.25, 0.3) is 0 Å². The quantitative estimate of drug-likeness (QED) is 0.598. The van der Waals surface area contributed by atoms with Crippen LogP contribution >= 0.6 is 0 Å². The summed E-state index contributed by atoms with van der Waals surface area (Å²) in [6.07, 6.45) is 5.32. The van der Waals surface area contributed by atoms with Crippen LogP contribution in [0.15, 0.2) is 29.2 Å². The fourth-order valence-electron chi connectivity index (χ4n) is 2.05. The van der Waals surface area contributed by atoms with Crippen molar-refractivity contribution in [3.8, 4) is 0 Å². The first-order valence-electron chi connectivity index (χ1n) is 5.18. The molecule has 0 spiro atoms. The Morgan fingerprint density at radius 2 is 2.24 bits per heavy atom. The molecule has 0 saturated heterocycles. The second-order valence-electron chi connectivity index (χ2n) is 3.73. The lowest BCUT2D eigenvalue weighted by Crippen LogP contribution is -2.41. The number of hydrogen-bond acceptors (Lipinski definition) is 4. The summed E-state index contributed by atoms with van der Waals surface area (Å²) >= 11 is 0. The van der Waals surface area contributed by atoms with Gasteiger partial charge in [-0.1, -0.05) is 6.08 Å². The molecule has 90 valence electrons. The summed E-state index contributed by atoms with van der Waals surface area (Å²) in [6.45, 7) is 0. The molecule has 2 rings (SSSR count). The van der Waals surface area contributed by atoms with Gasteiger partial charge in [0.15, 0.2) is 5.43 Å². The predicted molar refractivity (Wildman–Crippen MR) is 60.6 cm³/mol. The molecular weight excluding hydrogens is 222 g/mol. The minimum Gasteiger partial charge on any atom is -0.466 e. The molecule has 0 saturated carbocycles. The Bertz CT molecular complexity index is 532. The molecule has 0 bridgehead atoms. The molecule has 1 heterocycles. The number of aromatic amines is 1. The smallest absolute Gasteiger partial charge is 0.348 e. The van der Waals surface area contributed by atoms with Crippen LogP contribution in [-0.2, 0) is 26.3 Å². The van der Waals surface area contributed by atoms with Crippen LogP contribution in [0.25, 0.3) is 0 Å². The van der Waals surface area contributed by atoms with Gasteiger partial charge in [-0.15, -0.1) is 0 Å². The minimum atomic E-state index is -1.34. The third kappa shape index (κ3) is 1.59. The van der Waals surface area contributed by atoms with Gasteiger partial charge in [0, 0.05) is 24.9 Å². The highest BCUT2D eigenvalue weighted by Crippen LogP contribution is 2.31. The van der Waals surface area contributed by atoms with Gasteiger partial charge in [0.1, 0.15) is 0 Å². The number of H-pyrrole nitrogens is 1. The van der Waals surface area contributed by atoms with Crippen molar-refractivity contribution in [1.29, 1.82) is 0 Å². The van der Waals surface area contributed by atoms with Gasteiger partial charge in [0.05, 0.1) is 12.8 Å². The van der Waals surface area contributed by atoms with E-state index in [0.29, 0.717) is 17.7 Å². The summed E-state index contributed by atoms with van der Waals surface area (Å²) in [4.78, 5) is 26.5. The Kier molecular flexibility index (Phi) is 2.85. The first kappa shape index (κ1) is 11.6. The number of rotatable bonds is 2. The third-order valence-corrected chi connectivity index (χ3v) is 2.92. The molecule has 5 nitrogen and oxygen atoms in total. The molecule has 0 amide bonds. The highest BCUT2D eigenvalue weighted by Gasteiger charge is 2.43. The average molecular weight is 235 g/mol. The molecular formula is C12H13NO4. The molecule has 1 atom stereocenters. The van der Waals surface area contributed by atoms with Crippen molar-refractivity contribution in [2.75, 3.05) is 14.2 Å². The Morgan fingerprint density at radius 3 is 2.88 bits per heavy atom. The van der Waals surface area contributed by atoms with Gasteiger partial charge in [-0.3, -0.25) is 4.79 Å². The number of nitrogens with one attached hydrogen (secondary N) is 1. The summed E-state index contributed by atoms with van der Waals surface area (Å²) in [6, 6.07) is 1.43. The Hall–Kier alpha value is -1.88. The second kappa shape index (κ2) is 4.18. The zero-order valence-electron chi connectivity index (χ0n) is 9.65. The zero-order chi connectivity index (χ0) is 12.5. The van der Waals surface area contributed by atoms with E-state index in [0.717, 1.165) is 0 Å². The van der Waals surface area contributed by atoms with Crippen LogP contribution in [0.4, 0.5) is 0 Å². The number of aromatic nitrogens is 1. The number of fused-ring (bicyclic) bond motifs is 1. The van der Waals surface area contributed by atoms with Gasteiger partial charge in [-0.05, 0) is 12.5 Å². The fourth-order valence-corrected chi connectivity index (χ4v) is 2.05. The molecule has 0 radical (unpaired) electrons. The summed E-state index contributed by atoms with van der Waals surface area (Å²) in [5.74, 6) is -0.556. The fraction of sp³-hybridized carbons (Fsp3) is 0.333. The Labute approximate surface area is 98.1 Å². The molecule has 1 unspecified atom stereocenters. The van der Waals surface area contributed by atoms with Crippen LogP contribution in [-0.4, -0.2) is 25.2 Å². The van der Waals surface area contributed by atoms with E-state index >= 15 is 0 Å². The molecule has 0 aromatic carbocycles. The largest absolute Gasteiger partial charge is 0.466 e. The van der Waals surface area contributed by atoms with Gasteiger partial charge in [0.2, 0.25) is 5.60 Å². The first-order valence-corrected chi connectivity index (χ1v) is 5.18. The summed E-state index contributed by atoms with van der Waals surface area (Å²) in [5, 5.41) is 0. The molecule has 1 aromatic rings. The van der Waals surface area contributed by atoms with E-state index in [2.05, 4.69) is 4.98 Å². The maximum Gasteiger partial charge on any atom is 0.348 e. The number of allylic oxidation sites excluding steroid dienone is 1. The summed E-state index contributed by atoms with van der Waals surface area (Å²) in [5.41, 5.74) is -0.486. The maximum atomic E-state index is 11.9. The third-order valence-electron chi connectivity index (χ3n) is 2.92. The van der Waals surface area contributed by atoms with E-state index in [1.54, 1.807) is 12.2 Å². The number of carbonyl (C=O) groups excluding carboxylic acids is 1. The summed E-state index contributed by atoms with van der Waals surface area (Å²) in [7, 11) is 2.69. The van der Waals surface area contributed by atoms with Crippen LogP contribution in [0.1, 0.15) is 11.3 Å². The number of carbonyl (C=O) groups is 1.